The number of aromatic carboxylic acids is 1. The number of carboxylic acid groups (broad SMARTS) is 1. The summed E-state index contributed by atoms with van der Waals surface area (Å²) >= 11 is 2.71. The van der Waals surface area contributed by atoms with Gasteiger partial charge in [0, 0.05) is 4.47 Å². The summed E-state index contributed by atoms with van der Waals surface area (Å²) in [4.78, 5) is 10.7. The average Bonchev–Trinajstić information content (AvgIpc) is 2.14. The highest BCUT2D eigenvalue weighted by atomic mass is 79.9. The molecule has 0 spiro atoms. The highest BCUT2D eigenvalue weighted by Gasteiger charge is 2.34. The van der Waals surface area contributed by atoms with Gasteiger partial charge in [0.25, 0.3) is 0 Å². The Morgan fingerprint density at radius 2 is 2.00 bits per heavy atom. The number of benzene rings is 1. The highest BCUT2D eigenvalue weighted by molar-refractivity contribution is 9.10. The van der Waals surface area contributed by atoms with Crippen LogP contribution >= 0.6 is 15.9 Å². The van der Waals surface area contributed by atoms with Crippen LogP contribution in [0, 0.1) is 0 Å². The molecule has 0 amide bonds. The molecule has 0 aliphatic rings. The number of rotatable bonds is 2. The number of halogens is 4. The molecule has 0 aliphatic heterocycles. The van der Waals surface area contributed by atoms with Crippen LogP contribution in [0.5, 0.6) is 5.75 Å². The van der Waals surface area contributed by atoms with Gasteiger partial charge in [-0.2, -0.15) is 13.2 Å². The van der Waals surface area contributed by atoms with E-state index < -0.39 is 23.3 Å². The van der Waals surface area contributed by atoms with Crippen LogP contribution in [0.1, 0.15) is 15.9 Å². The third kappa shape index (κ3) is 2.46. The minimum Gasteiger partial charge on any atom is -0.496 e. The fourth-order valence-corrected chi connectivity index (χ4v) is 1.66. The van der Waals surface area contributed by atoms with Gasteiger partial charge >= 0.3 is 12.1 Å². The molecule has 0 atom stereocenters. The summed E-state index contributed by atoms with van der Waals surface area (Å²) < 4.78 is 41.8. The summed E-state index contributed by atoms with van der Waals surface area (Å²) in [5.74, 6) is -1.61. The topological polar surface area (TPSA) is 46.5 Å². The van der Waals surface area contributed by atoms with Crippen LogP contribution < -0.4 is 4.74 Å². The van der Waals surface area contributed by atoms with Crippen molar-refractivity contribution in [2.24, 2.45) is 0 Å². The molecule has 3 nitrogen and oxygen atoms in total. The normalized spacial score (nSPS) is 11.3. The Morgan fingerprint density at radius 1 is 1.44 bits per heavy atom. The summed E-state index contributed by atoms with van der Waals surface area (Å²) in [7, 11) is 1.18. The van der Waals surface area contributed by atoms with Crippen molar-refractivity contribution in [3.05, 3.63) is 27.7 Å². The van der Waals surface area contributed by atoms with E-state index in [-0.39, 0.29) is 10.2 Å². The van der Waals surface area contributed by atoms with Crippen molar-refractivity contribution in [2.45, 2.75) is 6.18 Å². The molecule has 0 unspecified atom stereocenters. The first-order chi connectivity index (χ1) is 7.27. The van der Waals surface area contributed by atoms with Crippen LogP contribution in [-0.2, 0) is 6.18 Å². The molecular formula is C9H6BrF3O3. The second-order valence-corrected chi connectivity index (χ2v) is 3.69. The van der Waals surface area contributed by atoms with E-state index in [9.17, 15) is 18.0 Å². The van der Waals surface area contributed by atoms with E-state index in [0.29, 0.717) is 6.07 Å². The Bertz CT molecular complexity index is 429. The van der Waals surface area contributed by atoms with E-state index >= 15 is 0 Å². The Morgan fingerprint density at radius 3 is 2.38 bits per heavy atom. The van der Waals surface area contributed by atoms with Gasteiger partial charge in [0.15, 0.2) is 0 Å². The summed E-state index contributed by atoms with van der Waals surface area (Å²) in [5, 5.41) is 8.72. The quantitative estimate of drug-likeness (QED) is 0.912. The standard InChI is InChI=1S/C9H6BrF3O3/c1-16-7-3-6(10)5(9(11,12)13)2-4(7)8(14)15/h2-3H,1H3,(H,14,15). The van der Waals surface area contributed by atoms with Gasteiger partial charge in [-0.15, -0.1) is 0 Å². The molecule has 1 aromatic rings. The predicted octanol–water partition coefficient (Wildman–Crippen LogP) is 3.17. The molecule has 16 heavy (non-hydrogen) atoms. The van der Waals surface area contributed by atoms with Gasteiger partial charge in [-0.1, -0.05) is 15.9 Å². The van der Waals surface area contributed by atoms with Crippen LogP contribution in [-0.4, -0.2) is 18.2 Å². The molecule has 0 fully saturated rings. The second-order valence-electron chi connectivity index (χ2n) is 2.84. The number of hydrogen-bond acceptors (Lipinski definition) is 2. The van der Waals surface area contributed by atoms with Crippen LogP contribution in [0.15, 0.2) is 16.6 Å². The first-order valence-corrected chi connectivity index (χ1v) is 4.74. The van der Waals surface area contributed by atoms with Crippen molar-refractivity contribution in [3.8, 4) is 5.75 Å². The fraction of sp³-hybridized carbons (Fsp3) is 0.222. The molecule has 0 saturated heterocycles. The van der Waals surface area contributed by atoms with E-state index in [1.54, 1.807) is 0 Å². The van der Waals surface area contributed by atoms with Crippen molar-refractivity contribution in [1.82, 2.24) is 0 Å². The van der Waals surface area contributed by atoms with Gasteiger partial charge in [-0.25, -0.2) is 4.79 Å². The van der Waals surface area contributed by atoms with Crippen LogP contribution in [0.3, 0.4) is 0 Å². The SMILES string of the molecule is COc1cc(Br)c(C(F)(F)F)cc1C(=O)O. The lowest BCUT2D eigenvalue weighted by Crippen LogP contribution is -2.10. The van der Waals surface area contributed by atoms with Crippen molar-refractivity contribution >= 4 is 21.9 Å². The molecule has 0 heterocycles. The minimum atomic E-state index is -4.62. The molecule has 88 valence electrons. The summed E-state index contributed by atoms with van der Waals surface area (Å²) in [6, 6.07) is 1.51. The van der Waals surface area contributed by atoms with Gasteiger partial charge in [0.2, 0.25) is 0 Å². The van der Waals surface area contributed by atoms with Crippen molar-refractivity contribution in [2.75, 3.05) is 7.11 Å². The molecule has 0 aliphatic carbocycles. The first kappa shape index (κ1) is 12.8. The maximum absolute atomic E-state index is 12.5. The van der Waals surface area contributed by atoms with Gasteiger partial charge < -0.3 is 9.84 Å². The summed E-state index contributed by atoms with van der Waals surface area (Å²) in [6.07, 6.45) is -4.62. The molecule has 1 rings (SSSR count). The maximum Gasteiger partial charge on any atom is 0.417 e. The van der Waals surface area contributed by atoms with Crippen LogP contribution in [0.4, 0.5) is 13.2 Å². The van der Waals surface area contributed by atoms with Gasteiger partial charge in [0.1, 0.15) is 11.3 Å². The van der Waals surface area contributed by atoms with Gasteiger partial charge in [0.05, 0.1) is 12.7 Å². The molecule has 0 aromatic heterocycles. The summed E-state index contributed by atoms with van der Waals surface area (Å²) in [6.45, 7) is 0. The Labute approximate surface area is 97.0 Å². The molecule has 0 saturated carbocycles. The number of methoxy groups -OCH3 is 1. The zero-order chi connectivity index (χ0) is 12.5. The molecule has 1 aromatic carbocycles. The molecular weight excluding hydrogens is 293 g/mol. The minimum absolute atomic E-state index is 0.132. The third-order valence-electron chi connectivity index (χ3n) is 1.82. The van der Waals surface area contributed by atoms with Crippen molar-refractivity contribution < 1.29 is 27.8 Å². The number of ether oxygens (including phenoxy) is 1. The van der Waals surface area contributed by atoms with E-state index in [1.165, 1.54) is 7.11 Å². The number of alkyl halides is 3. The largest absolute Gasteiger partial charge is 0.496 e. The number of hydrogen-bond donors (Lipinski definition) is 1. The number of carbonyl (C=O) groups is 1. The van der Waals surface area contributed by atoms with E-state index in [4.69, 9.17) is 5.11 Å². The lowest BCUT2D eigenvalue weighted by molar-refractivity contribution is -0.138. The average molecular weight is 299 g/mol. The first-order valence-electron chi connectivity index (χ1n) is 3.95. The number of carboxylic acids is 1. The zero-order valence-corrected chi connectivity index (χ0v) is 9.52. The van der Waals surface area contributed by atoms with Crippen LogP contribution in [0.25, 0.3) is 0 Å². The van der Waals surface area contributed by atoms with Crippen LogP contribution in [0.2, 0.25) is 0 Å². The molecule has 0 bridgehead atoms. The van der Waals surface area contributed by atoms with E-state index in [1.807, 2.05) is 0 Å². The Kier molecular flexibility index (Phi) is 3.47. The van der Waals surface area contributed by atoms with E-state index in [0.717, 1.165) is 6.07 Å². The lowest BCUT2D eigenvalue weighted by atomic mass is 10.1. The third-order valence-corrected chi connectivity index (χ3v) is 2.48. The van der Waals surface area contributed by atoms with Crippen molar-refractivity contribution in [1.29, 1.82) is 0 Å². The Hall–Kier alpha value is -1.24. The zero-order valence-electron chi connectivity index (χ0n) is 7.93. The maximum atomic E-state index is 12.5. The predicted molar refractivity (Wildman–Crippen MR) is 52.7 cm³/mol. The molecule has 1 N–H and O–H groups in total. The smallest absolute Gasteiger partial charge is 0.417 e. The van der Waals surface area contributed by atoms with Crippen molar-refractivity contribution in [3.63, 3.8) is 0 Å². The van der Waals surface area contributed by atoms with Gasteiger partial charge in [-0.05, 0) is 12.1 Å². The summed E-state index contributed by atoms with van der Waals surface area (Å²) in [5.41, 5.74) is -1.58. The highest BCUT2D eigenvalue weighted by Crippen LogP contribution is 2.38. The fourth-order valence-electron chi connectivity index (χ4n) is 1.11. The van der Waals surface area contributed by atoms with Gasteiger partial charge in [-0.3, -0.25) is 0 Å². The molecule has 0 radical (unpaired) electrons. The lowest BCUT2D eigenvalue weighted by Gasteiger charge is -2.12. The Balaban J connectivity index is 3.45. The van der Waals surface area contributed by atoms with E-state index in [2.05, 4.69) is 20.7 Å². The molecule has 7 heteroatoms. The monoisotopic (exact) mass is 298 g/mol. The second kappa shape index (κ2) is 4.32.